The lowest BCUT2D eigenvalue weighted by Gasteiger charge is -2.11. The molecule has 0 aliphatic rings. The summed E-state index contributed by atoms with van der Waals surface area (Å²) in [6.45, 7) is 0.801. The Balaban J connectivity index is -0.000000245. The van der Waals surface area contributed by atoms with Gasteiger partial charge in [0.15, 0.2) is 0 Å². The summed E-state index contributed by atoms with van der Waals surface area (Å²) in [4.78, 5) is 12.9. The fraction of sp³-hybridized carbons (Fsp3) is 0.667. The van der Waals surface area contributed by atoms with Crippen LogP contribution in [0.15, 0.2) is 0 Å². The number of hydrogen-bond acceptors (Lipinski definition) is 6. The zero-order chi connectivity index (χ0) is 6.78. The Bertz CT molecular complexity index is 103. The van der Waals surface area contributed by atoms with Crippen LogP contribution in [0.5, 0.6) is 0 Å². The van der Waals surface area contributed by atoms with E-state index in [0.717, 1.165) is 6.92 Å². The van der Waals surface area contributed by atoms with Crippen molar-refractivity contribution in [3.05, 3.63) is 0 Å². The monoisotopic (exact) mass is 156 g/mol. The smallest absolute Gasteiger partial charge is 0.366 e. The molecule has 1 unspecified atom stereocenters. The summed E-state index contributed by atoms with van der Waals surface area (Å²) in [7, 11) is 0. The van der Waals surface area contributed by atoms with Crippen LogP contribution in [0.4, 0.5) is 0 Å². The highest BCUT2D eigenvalue weighted by atomic mass is 17.1. The van der Waals surface area contributed by atoms with Gasteiger partial charge in [0.25, 0.3) is 5.79 Å². The Hall–Kier alpha value is -0.730. The summed E-state index contributed by atoms with van der Waals surface area (Å²) >= 11 is 0. The molecule has 0 bridgehead atoms. The van der Waals surface area contributed by atoms with Crippen LogP contribution in [0.25, 0.3) is 0 Å². The van der Waals surface area contributed by atoms with Gasteiger partial charge in [-0.1, -0.05) is 0 Å². The van der Waals surface area contributed by atoms with Crippen LogP contribution in [0.3, 0.4) is 0 Å². The van der Waals surface area contributed by atoms with Crippen molar-refractivity contribution in [1.82, 2.24) is 12.3 Å². The molecule has 0 heterocycles. The predicted octanol–water partition coefficient (Wildman–Crippen LogP) is -0.407. The first-order chi connectivity index (χ1) is 3.50. The van der Waals surface area contributed by atoms with Gasteiger partial charge in [-0.3, -0.25) is 0 Å². The molecule has 0 saturated carbocycles. The number of carboxylic acids is 1. The van der Waals surface area contributed by atoms with E-state index in [1.54, 1.807) is 0 Å². The first-order valence-electron chi connectivity index (χ1n) is 1.79. The molecule has 0 aliphatic carbocycles. The summed E-state index contributed by atoms with van der Waals surface area (Å²) in [5.74, 6) is -4.12. The zero-order valence-corrected chi connectivity index (χ0v) is 5.57. The van der Waals surface area contributed by atoms with E-state index in [9.17, 15) is 4.79 Å². The molecule has 0 amide bonds. The molecule has 0 radical (unpaired) electrons. The number of carbonyl (C=O) groups is 1. The summed E-state index contributed by atoms with van der Waals surface area (Å²) in [5, 5.41) is 23.9. The van der Waals surface area contributed by atoms with Crippen molar-refractivity contribution in [2.45, 2.75) is 12.7 Å². The van der Waals surface area contributed by atoms with Crippen LogP contribution in [0, 0.1) is 0 Å². The highest BCUT2D eigenvalue weighted by Gasteiger charge is 2.31. The molecule has 10 heavy (non-hydrogen) atoms. The van der Waals surface area contributed by atoms with Crippen molar-refractivity contribution < 1.29 is 25.2 Å². The first-order valence-corrected chi connectivity index (χ1v) is 1.79. The van der Waals surface area contributed by atoms with Crippen LogP contribution < -0.4 is 12.3 Å². The fourth-order valence-corrected chi connectivity index (χ4v) is 0.0390. The maximum atomic E-state index is 9.72. The van der Waals surface area contributed by atoms with E-state index in [1.165, 1.54) is 0 Å². The lowest BCUT2D eigenvalue weighted by atomic mass is 10.3. The minimum absolute atomic E-state index is 0. The van der Waals surface area contributed by atoms with E-state index in [2.05, 4.69) is 4.89 Å². The second-order valence-corrected chi connectivity index (χ2v) is 1.38. The van der Waals surface area contributed by atoms with Gasteiger partial charge in [0.2, 0.25) is 0 Å². The quantitative estimate of drug-likeness (QED) is 0.206. The lowest BCUT2D eigenvalue weighted by Crippen LogP contribution is -2.36. The zero-order valence-electron chi connectivity index (χ0n) is 5.57. The maximum Gasteiger partial charge on any atom is 0.366 e. The maximum absolute atomic E-state index is 9.72. The van der Waals surface area contributed by atoms with Crippen molar-refractivity contribution in [2.75, 3.05) is 0 Å². The van der Waals surface area contributed by atoms with Crippen molar-refractivity contribution in [3.8, 4) is 0 Å². The molecular weight excluding hydrogens is 144 g/mol. The molecule has 0 spiro atoms. The van der Waals surface area contributed by atoms with Gasteiger partial charge in [-0.15, -0.1) is 0 Å². The molecule has 0 aliphatic heterocycles. The molecule has 0 saturated heterocycles. The summed E-state index contributed by atoms with van der Waals surface area (Å²) in [5.41, 5.74) is 0. The van der Waals surface area contributed by atoms with E-state index in [-0.39, 0.29) is 12.3 Å². The van der Waals surface area contributed by atoms with Crippen LogP contribution in [0.2, 0.25) is 0 Å². The molecule has 64 valence electrons. The molecule has 9 N–H and O–H groups in total. The third kappa shape index (κ3) is 4.18. The molecule has 7 heteroatoms. The molecule has 1 atom stereocenters. The normalized spacial score (nSPS) is 13.9. The van der Waals surface area contributed by atoms with Crippen molar-refractivity contribution in [3.63, 3.8) is 0 Å². The van der Waals surface area contributed by atoms with Crippen LogP contribution >= 0.6 is 0 Å². The Labute approximate surface area is 57.3 Å². The molecule has 0 aromatic heterocycles. The van der Waals surface area contributed by atoms with Crippen molar-refractivity contribution in [1.29, 1.82) is 0 Å². The van der Waals surface area contributed by atoms with Crippen LogP contribution in [-0.2, 0) is 9.68 Å². The minimum atomic E-state index is -2.49. The summed E-state index contributed by atoms with van der Waals surface area (Å²) in [6.07, 6.45) is 0. The number of hydrogen-bond donors (Lipinski definition) is 5. The van der Waals surface area contributed by atoms with E-state index in [1.807, 2.05) is 0 Å². The molecule has 0 rings (SSSR count). The highest BCUT2D eigenvalue weighted by Crippen LogP contribution is 2.01. The van der Waals surface area contributed by atoms with Gasteiger partial charge >= 0.3 is 5.97 Å². The predicted molar refractivity (Wildman–Crippen MR) is 32.0 cm³/mol. The second kappa shape index (κ2) is 5.09. The fourth-order valence-electron chi connectivity index (χ4n) is 0.0390. The van der Waals surface area contributed by atoms with Crippen LogP contribution in [-0.4, -0.2) is 27.2 Å². The Kier molecular flexibility index (Phi) is 8.20. The highest BCUT2D eigenvalue weighted by molar-refractivity contribution is 5.74. The number of rotatable bonds is 2. The summed E-state index contributed by atoms with van der Waals surface area (Å²) in [6, 6.07) is 0. The summed E-state index contributed by atoms with van der Waals surface area (Å²) < 4.78 is 0. The lowest BCUT2D eigenvalue weighted by molar-refractivity contribution is -0.372. The van der Waals surface area contributed by atoms with E-state index < -0.39 is 11.8 Å². The van der Waals surface area contributed by atoms with Crippen molar-refractivity contribution in [2.24, 2.45) is 0 Å². The van der Waals surface area contributed by atoms with E-state index >= 15 is 0 Å². The van der Waals surface area contributed by atoms with Gasteiger partial charge in [-0.05, 0) is 0 Å². The molecule has 0 aromatic carbocycles. The van der Waals surface area contributed by atoms with Crippen molar-refractivity contribution >= 4 is 5.97 Å². The topological polar surface area (TPSA) is 157 Å². The van der Waals surface area contributed by atoms with E-state index in [4.69, 9.17) is 15.5 Å². The molecule has 0 aromatic rings. The van der Waals surface area contributed by atoms with Gasteiger partial charge in [0.05, 0.1) is 0 Å². The number of carboxylic acid groups (broad SMARTS) is 1. The molecule has 7 nitrogen and oxygen atoms in total. The Morgan fingerprint density at radius 3 is 1.80 bits per heavy atom. The largest absolute Gasteiger partial charge is 0.477 e. The average Bonchev–Trinajstić information content (AvgIpc) is 1.67. The van der Waals surface area contributed by atoms with Crippen LogP contribution in [0.1, 0.15) is 6.92 Å². The number of aliphatic hydroxyl groups is 1. The third-order valence-corrected chi connectivity index (χ3v) is 0.575. The average molecular weight is 156 g/mol. The van der Waals surface area contributed by atoms with Gasteiger partial charge in [-0.25, -0.2) is 10.1 Å². The minimum Gasteiger partial charge on any atom is -0.477 e. The number of aliphatic carboxylic acids is 1. The van der Waals surface area contributed by atoms with Gasteiger partial charge in [0, 0.05) is 6.92 Å². The third-order valence-electron chi connectivity index (χ3n) is 0.575. The van der Waals surface area contributed by atoms with Gasteiger partial charge < -0.3 is 22.5 Å². The molecular formula is C3H12N2O5. The SMILES string of the molecule is CC(O)(OO)C(=O)O.N.N. The second-order valence-electron chi connectivity index (χ2n) is 1.38. The van der Waals surface area contributed by atoms with Gasteiger partial charge in [-0.2, -0.15) is 4.89 Å². The van der Waals surface area contributed by atoms with Gasteiger partial charge in [0.1, 0.15) is 0 Å². The van der Waals surface area contributed by atoms with E-state index in [0.29, 0.717) is 0 Å². The standard InChI is InChI=1S/C3H6O5.2H3N/c1-3(6,8-7)2(4)5;;/h6-7H,1H3,(H,4,5);2*1H3. The first kappa shape index (κ1) is 16.1. The Morgan fingerprint density at radius 2 is 1.80 bits per heavy atom. The molecule has 0 fully saturated rings. The Morgan fingerprint density at radius 1 is 1.50 bits per heavy atom.